The van der Waals surface area contributed by atoms with Gasteiger partial charge in [0.2, 0.25) is 0 Å². The maximum absolute atomic E-state index is 10.8. The Morgan fingerprint density at radius 3 is 1.29 bits per heavy atom. The topological polar surface area (TPSA) is 99.4 Å². The minimum Gasteiger partial charge on any atom is -0.507 e. The molecule has 0 spiro atoms. The van der Waals surface area contributed by atoms with Crippen LogP contribution in [0.4, 0.5) is 0 Å². The van der Waals surface area contributed by atoms with Gasteiger partial charge < -0.3 is 29.9 Å². The summed E-state index contributed by atoms with van der Waals surface area (Å²) in [6.07, 6.45) is 3.28. The summed E-state index contributed by atoms with van der Waals surface area (Å²) in [7, 11) is 0. The van der Waals surface area contributed by atoms with Gasteiger partial charge in [-0.25, -0.2) is 0 Å². The molecule has 0 amide bonds. The minimum atomic E-state index is -0.481. The van der Waals surface area contributed by atoms with Gasteiger partial charge in [-0.15, -0.1) is 13.2 Å². The van der Waals surface area contributed by atoms with E-state index < -0.39 is 12.2 Å². The van der Waals surface area contributed by atoms with E-state index in [0.29, 0.717) is 35.1 Å². The summed E-state index contributed by atoms with van der Waals surface area (Å²) in [6, 6.07) is 21.0. The Morgan fingerprint density at radius 1 is 0.548 bits per heavy atom. The van der Waals surface area contributed by atoms with E-state index in [-0.39, 0.29) is 35.2 Å². The maximum atomic E-state index is 10.8. The van der Waals surface area contributed by atoms with Crippen LogP contribution in [0.15, 0.2) is 98.1 Å². The van der Waals surface area contributed by atoms with Gasteiger partial charge in [0.25, 0.3) is 0 Å². The van der Waals surface area contributed by atoms with Crippen LogP contribution in [-0.2, 0) is 22.3 Å². The Bertz CT molecular complexity index is 1500. The van der Waals surface area contributed by atoms with Crippen LogP contribution in [0.5, 0.6) is 23.0 Å². The molecule has 4 atom stereocenters. The molecule has 6 nitrogen and oxygen atoms in total. The van der Waals surface area contributed by atoms with Crippen molar-refractivity contribution in [2.75, 3.05) is 0 Å². The first-order valence-electron chi connectivity index (χ1n) is 14.0. The van der Waals surface area contributed by atoms with Gasteiger partial charge in [-0.3, -0.25) is 0 Å². The van der Waals surface area contributed by atoms with E-state index in [4.69, 9.17) is 9.47 Å². The van der Waals surface area contributed by atoms with Gasteiger partial charge in [0, 0.05) is 22.3 Å². The normalized spacial score (nSPS) is 20.2. The first-order chi connectivity index (χ1) is 20.2. The maximum Gasteiger partial charge on any atom is 0.123 e. The monoisotopic (exact) mass is 564 g/mol. The molecule has 1 aliphatic heterocycles. The van der Waals surface area contributed by atoms with E-state index in [1.807, 2.05) is 50.2 Å². The second-order valence-electron chi connectivity index (χ2n) is 10.8. The molecular formula is C36H36O6. The summed E-state index contributed by atoms with van der Waals surface area (Å²) in [4.78, 5) is 0. The van der Waals surface area contributed by atoms with Crippen LogP contribution in [0.1, 0.15) is 48.3 Å². The van der Waals surface area contributed by atoms with Crippen molar-refractivity contribution in [3.63, 3.8) is 0 Å². The third kappa shape index (κ3) is 5.77. The Hall–Kier alpha value is -4.52. The molecule has 0 saturated carbocycles. The van der Waals surface area contributed by atoms with Crippen LogP contribution in [-0.4, -0.2) is 32.6 Å². The lowest BCUT2D eigenvalue weighted by atomic mass is 9.92. The highest BCUT2D eigenvalue weighted by Crippen LogP contribution is 2.45. The Labute approximate surface area is 246 Å². The largest absolute Gasteiger partial charge is 0.507 e. The predicted octanol–water partition coefficient (Wildman–Crippen LogP) is 7.91. The fourth-order valence-corrected chi connectivity index (χ4v) is 5.64. The number of aromatic hydroxyl groups is 4. The van der Waals surface area contributed by atoms with Gasteiger partial charge in [0.1, 0.15) is 35.2 Å². The second kappa shape index (κ2) is 12.1. The van der Waals surface area contributed by atoms with E-state index in [1.165, 1.54) is 0 Å². The lowest BCUT2D eigenvalue weighted by Crippen LogP contribution is -2.37. The van der Waals surface area contributed by atoms with Crippen LogP contribution in [0.2, 0.25) is 0 Å². The lowest BCUT2D eigenvalue weighted by Gasteiger charge is -2.40. The zero-order chi connectivity index (χ0) is 30.0. The third-order valence-electron chi connectivity index (χ3n) is 7.74. The van der Waals surface area contributed by atoms with Crippen molar-refractivity contribution in [1.82, 2.24) is 0 Å². The molecule has 1 aliphatic rings. The van der Waals surface area contributed by atoms with Gasteiger partial charge in [-0.2, -0.15) is 0 Å². The third-order valence-corrected chi connectivity index (χ3v) is 7.74. The number of ether oxygens (including phenoxy) is 2. The number of rotatable bonds is 8. The Morgan fingerprint density at radius 2 is 0.905 bits per heavy atom. The SMILES string of the molecule is C=CCc1ccc(O)c(-c2cc([C@H]3O[C@H](c4ccc(O)c(-c5cc(CC=C)ccc5O)c4)[C@@H](C)O[C@@H]3C)ccc2O)c1. The molecule has 0 unspecified atom stereocenters. The fraction of sp³-hybridized carbons (Fsp3) is 0.222. The van der Waals surface area contributed by atoms with Crippen molar-refractivity contribution in [3.8, 4) is 45.3 Å². The minimum absolute atomic E-state index is 0.0424. The molecule has 0 aliphatic carbocycles. The van der Waals surface area contributed by atoms with Crippen molar-refractivity contribution < 1.29 is 29.9 Å². The smallest absolute Gasteiger partial charge is 0.123 e. The van der Waals surface area contributed by atoms with Crippen molar-refractivity contribution in [3.05, 3.63) is 120 Å². The van der Waals surface area contributed by atoms with Crippen molar-refractivity contribution >= 4 is 0 Å². The highest BCUT2D eigenvalue weighted by Gasteiger charge is 2.37. The van der Waals surface area contributed by atoms with E-state index in [2.05, 4.69) is 13.2 Å². The second-order valence-corrected chi connectivity index (χ2v) is 10.8. The number of hydrogen-bond donors (Lipinski definition) is 4. The highest BCUT2D eigenvalue weighted by atomic mass is 16.6. The van der Waals surface area contributed by atoms with Crippen molar-refractivity contribution in [1.29, 1.82) is 0 Å². The Kier molecular flexibility index (Phi) is 8.39. The van der Waals surface area contributed by atoms with E-state index >= 15 is 0 Å². The van der Waals surface area contributed by atoms with Crippen LogP contribution in [0, 0.1) is 0 Å². The van der Waals surface area contributed by atoms with E-state index in [0.717, 1.165) is 22.3 Å². The molecule has 42 heavy (non-hydrogen) atoms. The molecule has 4 aromatic carbocycles. The van der Waals surface area contributed by atoms with Gasteiger partial charge in [0.05, 0.1) is 12.2 Å². The number of phenols is 4. The number of hydrogen-bond acceptors (Lipinski definition) is 6. The van der Waals surface area contributed by atoms with E-state index in [1.54, 1.807) is 48.6 Å². The van der Waals surface area contributed by atoms with E-state index in [9.17, 15) is 20.4 Å². The first kappa shape index (κ1) is 29.0. The van der Waals surface area contributed by atoms with Gasteiger partial charge in [-0.1, -0.05) is 36.4 Å². The zero-order valence-corrected chi connectivity index (χ0v) is 23.8. The molecule has 216 valence electrons. The molecule has 0 radical (unpaired) electrons. The van der Waals surface area contributed by atoms with Gasteiger partial charge in [-0.05, 0) is 97.5 Å². The van der Waals surface area contributed by atoms with Crippen LogP contribution < -0.4 is 0 Å². The highest BCUT2D eigenvalue weighted by molar-refractivity contribution is 5.77. The molecule has 1 heterocycles. The fourth-order valence-electron chi connectivity index (χ4n) is 5.64. The summed E-state index contributed by atoms with van der Waals surface area (Å²) in [5, 5.41) is 42.8. The van der Waals surface area contributed by atoms with Crippen LogP contribution in [0.3, 0.4) is 0 Å². The average molecular weight is 565 g/mol. The lowest BCUT2D eigenvalue weighted by molar-refractivity contribution is -0.215. The van der Waals surface area contributed by atoms with Crippen molar-refractivity contribution in [2.24, 2.45) is 0 Å². The molecule has 5 rings (SSSR count). The molecule has 0 aromatic heterocycles. The molecule has 4 aromatic rings. The average Bonchev–Trinajstić information content (AvgIpc) is 2.97. The number of allylic oxidation sites excluding steroid dienone is 2. The summed E-state index contributed by atoms with van der Waals surface area (Å²) in [5.74, 6) is 0.210. The van der Waals surface area contributed by atoms with Gasteiger partial charge >= 0.3 is 0 Å². The summed E-state index contributed by atoms with van der Waals surface area (Å²) in [6.45, 7) is 11.5. The summed E-state index contributed by atoms with van der Waals surface area (Å²) >= 11 is 0. The molecule has 6 heteroatoms. The molecule has 1 fully saturated rings. The molecular weight excluding hydrogens is 528 g/mol. The quantitative estimate of drug-likeness (QED) is 0.162. The Balaban J connectivity index is 1.50. The predicted molar refractivity (Wildman–Crippen MR) is 165 cm³/mol. The first-order valence-corrected chi connectivity index (χ1v) is 14.0. The summed E-state index contributed by atoms with van der Waals surface area (Å²) < 4.78 is 13.0. The molecule has 0 bridgehead atoms. The summed E-state index contributed by atoms with van der Waals surface area (Å²) in [5.41, 5.74) is 5.52. The van der Waals surface area contributed by atoms with Crippen LogP contribution in [0.25, 0.3) is 22.3 Å². The molecule has 1 saturated heterocycles. The number of phenolic OH excluding ortho intramolecular Hbond substituents is 4. The number of benzene rings is 4. The molecule has 4 N–H and O–H groups in total. The van der Waals surface area contributed by atoms with Crippen molar-refractivity contribution in [2.45, 2.75) is 51.1 Å². The van der Waals surface area contributed by atoms with Crippen LogP contribution >= 0.6 is 0 Å². The zero-order valence-electron chi connectivity index (χ0n) is 23.8. The van der Waals surface area contributed by atoms with Gasteiger partial charge in [0.15, 0.2) is 0 Å². The standard InChI is InChI=1S/C36H36O6/c1-5-7-23-9-13-31(37)27(17-23)29-19-25(11-15-33(29)39)35-21(3)41-22(4)36(42-35)26-12-16-34(40)30(20-26)28-18-24(8-6-2)10-14-32(28)38/h5-6,9-22,35-40H,1-2,7-8H2,3-4H3/t21-,22-,35+,36+/m1/s1.